The Morgan fingerprint density at radius 2 is 1.85 bits per heavy atom. The van der Waals surface area contributed by atoms with Gasteiger partial charge >= 0.3 is 6.09 Å². The highest BCUT2D eigenvalue weighted by Crippen LogP contribution is 2.34. The van der Waals surface area contributed by atoms with Gasteiger partial charge in [0.25, 0.3) is 5.56 Å². The number of carbonyl (C=O) groups excluding carboxylic acids is 2. The quantitative estimate of drug-likeness (QED) is 0.383. The smallest absolute Gasteiger partial charge is 0.409 e. The van der Waals surface area contributed by atoms with Crippen molar-refractivity contribution in [3.05, 3.63) is 56.8 Å². The SMILES string of the molecule is CN1CCN(C(=O)CCN(C(=O)Oc2ccc(Cl)cc2-c2nc3ccc(Cl)cc3c(=O)[nH]2)[C@H]2CCSSC2)CC1. The van der Waals surface area contributed by atoms with Crippen LogP contribution < -0.4 is 10.3 Å². The molecular weight excluding hydrogens is 593 g/mol. The molecule has 2 fully saturated rings. The highest BCUT2D eigenvalue weighted by Gasteiger charge is 2.30. The van der Waals surface area contributed by atoms with Gasteiger partial charge in [-0.2, -0.15) is 0 Å². The first-order valence-corrected chi connectivity index (χ1v) is 16.2. The summed E-state index contributed by atoms with van der Waals surface area (Å²) in [5, 5.41) is 1.17. The normalized spacial score (nSPS) is 18.1. The molecule has 0 saturated carbocycles. The minimum atomic E-state index is -0.554. The summed E-state index contributed by atoms with van der Waals surface area (Å²) in [6, 6.07) is 9.59. The zero-order valence-electron chi connectivity index (χ0n) is 21.9. The number of fused-ring (bicyclic) bond motifs is 1. The number of piperazine rings is 1. The number of H-pyrrole nitrogens is 1. The van der Waals surface area contributed by atoms with E-state index in [4.69, 9.17) is 27.9 Å². The summed E-state index contributed by atoms with van der Waals surface area (Å²) >= 11 is 12.3. The van der Waals surface area contributed by atoms with E-state index >= 15 is 0 Å². The van der Waals surface area contributed by atoms with Gasteiger partial charge in [-0.05, 0) is 49.9 Å². The number of carbonyl (C=O) groups is 2. The highest BCUT2D eigenvalue weighted by atomic mass is 35.5. The van der Waals surface area contributed by atoms with Crippen LogP contribution in [0.3, 0.4) is 0 Å². The van der Waals surface area contributed by atoms with Crippen LogP contribution in [0.5, 0.6) is 5.75 Å². The molecule has 2 saturated heterocycles. The second kappa shape index (κ2) is 13.0. The number of benzene rings is 2. The van der Waals surface area contributed by atoms with Crippen molar-refractivity contribution in [3.63, 3.8) is 0 Å². The van der Waals surface area contributed by atoms with E-state index < -0.39 is 6.09 Å². The number of ether oxygens (including phenoxy) is 1. The molecule has 5 rings (SSSR count). The fourth-order valence-corrected chi connectivity index (χ4v) is 7.55. The number of nitrogens with one attached hydrogen (secondary N) is 1. The monoisotopic (exact) mass is 621 g/mol. The van der Waals surface area contributed by atoms with Gasteiger partial charge in [-0.3, -0.25) is 9.59 Å². The van der Waals surface area contributed by atoms with Crippen LogP contribution in [0.1, 0.15) is 12.8 Å². The van der Waals surface area contributed by atoms with E-state index in [0.717, 1.165) is 31.0 Å². The van der Waals surface area contributed by atoms with Gasteiger partial charge in [0.15, 0.2) is 0 Å². The average Bonchev–Trinajstić information content (AvgIpc) is 2.95. The molecule has 3 aromatic rings. The first kappa shape index (κ1) is 29.1. The summed E-state index contributed by atoms with van der Waals surface area (Å²) in [4.78, 5) is 52.5. The van der Waals surface area contributed by atoms with E-state index in [1.54, 1.807) is 62.9 Å². The molecule has 0 unspecified atom stereocenters. The Morgan fingerprint density at radius 3 is 2.60 bits per heavy atom. The lowest BCUT2D eigenvalue weighted by Crippen LogP contribution is -2.49. The molecule has 212 valence electrons. The summed E-state index contributed by atoms with van der Waals surface area (Å²) in [6.07, 6.45) is 0.482. The van der Waals surface area contributed by atoms with Crippen molar-refractivity contribution in [2.24, 2.45) is 0 Å². The maximum atomic E-state index is 13.6. The lowest BCUT2D eigenvalue weighted by molar-refractivity contribution is -0.133. The maximum Gasteiger partial charge on any atom is 0.415 e. The molecule has 1 N–H and O–H groups in total. The number of likely N-dealkylation sites (N-methyl/N-ethyl adjacent to an activating group) is 1. The Hall–Kier alpha value is -2.44. The number of amides is 2. The summed E-state index contributed by atoms with van der Waals surface area (Å²) in [5.41, 5.74) is 0.443. The predicted octanol–water partition coefficient (Wildman–Crippen LogP) is 5.02. The zero-order valence-corrected chi connectivity index (χ0v) is 25.0. The van der Waals surface area contributed by atoms with Crippen LogP contribution in [0.4, 0.5) is 4.79 Å². The molecule has 13 heteroatoms. The van der Waals surface area contributed by atoms with E-state index in [1.807, 2.05) is 11.9 Å². The van der Waals surface area contributed by atoms with Crippen molar-refractivity contribution in [2.75, 3.05) is 51.3 Å². The summed E-state index contributed by atoms with van der Waals surface area (Å²) in [6.45, 7) is 3.31. The lowest BCUT2D eigenvalue weighted by atomic mass is 10.1. The van der Waals surface area contributed by atoms with Crippen LogP contribution in [0.15, 0.2) is 41.2 Å². The summed E-state index contributed by atoms with van der Waals surface area (Å²) in [5.74, 6) is 2.11. The van der Waals surface area contributed by atoms with Crippen LogP contribution in [0.2, 0.25) is 10.0 Å². The molecule has 2 aliphatic heterocycles. The van der Waals surface area contributed by atoms with Crippen LogP contribution in [-0.2, 0) is 4.79 Å². The molecule has 1 aromatic heterocycles. The molecule has 2 aliphatic rings. The first-order chi connectivity index (χ1) is 19.3. The van der Waals surface area contributed by atoms with Crippen molar-refractivity contribution in [3.8, 4) is 17.1 Å². The number of hydrogen-bond acceptors (Lipinski definition) is 8. The number of aromatic nitrogens is 2. The predicted molar refractivity (Wildman–Crippen MR) is 163 cm³/mol. The van der Waals surface area contributed by atoms with Crippen molar-refractivity contribution in [1.29, 1.82) is 0 Å². The molecular formula is C27H29Cl2N5O4S2. The molecule has 0 aliphatic carbocycles. The molecule has 3 heterocycles. The number of hydrogen-bond donors (Lipinski definition) is 1. The standard InChI is InChI=1S/C27H29Cl2N5O4S2/c1-32-9-11-33(12-10-32)24(35)6-8-34(19-7-13-39-40-16-19)27(37)38-23-5-3-18(29)15-21(23)25-30-22-4-2-17(28)14-20(22)26(36)31-25/h2-5,14-15,19H,6-13,16H2,1H3,(H,30,31,36)/t19-/m0/s1. The zero-order chi connectivity index (χ0) is 28.2. The number of halogens is 2. The van der Waals surface area contributed by atoms with E-state index in [9.17, 15) is 14.4 Å². The van der Waals surface area contributed by atoms with Gasteiger partial charge in [-0.15, -0.1) is 0 Å². The Balaban J connectivity index is 1.39. The van der Waals surface area contributed by atoms with Gasteiger partial charge in [-0.1, -0.05) is 44.8 Å². The molecule has 0 bridgehead atoms. The van der Waals surface area contributed by atoms with E-state index in [-0.39, 0.29) is 42.0 Å². The first-order valence-electron chi connectivity index (χ1n) is 13.0. The molecule has 0 radical (unpaired) electrons. The van der Waals surface area contributed by atoms with Crippen molar-refractivity contribution >= 4 is 67.7 Å². The summed E-state index contributed by atoms with van der Waals surface area (Å²) in [7, 11) is 5.53. The number of aromatic amines is 1. The van der Waals surface area contributed by atoms with Crippen LogP contribution >= 0.6 is 44.8 Å². The van der Waals surface area contributed by atoms with Gasteiger partial charge in [0, 0.05) is 66.7 Å². The van der Waals surface area contributed by atoms with Crippen molar-refractivity contribution in [1.82, 2.24) is 24.7 Å². The Bertz CT molecular complexity index is 1460. The van der Waals surface area contributed by atoms with E-state index in [0.29, 0.717) is 39.6 Å². The molecule has 9 nitrogen and oxygen atoms in total. The van der Waals surface area contributed by atoms with Gasteiger partial charge in [0.1, 0.15) is 11.6 Å². The second-order valence-electron chi connectivity index (χ2n) is 9.76. The van der Waals surface area contributed by atoms with E-state index in [1.165, 1.54) is 0 Å². The molecule has 40 heavy (non-hydrogen) atoms. The maximum absolute atomic E-state index is 13.6. The van der Waals surface area contributed by atoms with E-state index in [2.05, 4.69) is 14.9 Å². The van der Waals surface area contributed by atoms with Gasteiger partial charge in [0.05, 0.1) is 16.5 Å². The summed E-state index contributed by atoms with van der Waals surface area (Å²) < 4.78 is 5.93. The minimum Gasteiger partial charge on any atom is -0.409 e. The third-order valence-corrected chi connectivity index (χ3v) is 10.0. The fourth-order valence-electron chi connectivity index (χ4n) is 4.72. The third kappa shape index (κ3) is 6.88. The highest BCUT2D eigenvalue weighted by molar-refractivity contribution is 8.76. The van der Waals surface area contributed by atoms with Crippen LogP contribution in [0.25, 0.3) is 22.3 Å². The Kier molecular flexibility index (Phi) is 9.47. The number of rotatable bonds is 6. The largest absolute Gasteiger partial charge is 0.415 e. The van der Waals surface area contributed by atoms with Gasteiger partial charge < -0.3 is 24.4 Å². The van der Waals surface area contributed by atoms with Gasteiger partial charge in [-0.25, -0.2) is 9.78 Å². The van der Waals surface area contributed by atoms with Crippen LogP contribution in [0, 0.1) is 0 Å². The molecule has 2 aromatic carbocycles. The Morgan fingerprint density at radius 1 is 1.10 bits per heavy atom. The topological polar surface area (TPSA) is 98.8 Å². The Labute approximate surface area is 249 Å². The van der Waals surface area contributed by atoms with Crippen LogP contribution in [-0.4, -0.2) is 94.0 Å². The molecule has 1 atom stereocenters. The van der Waals surface area contributed by atoms with Crippen molar-refractivity contribution < 1.29 is 14.3 Å². The molecule has 0 spiro atoms. The van der Waals surface area contributed by atoms with Crippen molar-refractivity contribution in [2.45, 2.75) is 18.9 Å². The average molecular weight is 623 g/mol. The minimum absolute atomic E-state index is 0.0361. The molecule has 2 amide bonds. The third-order valence-electron chi connectivity index (χ3n) is 7.04. The van der Waals surface area contributed by atoms with Gasteiger partial charge in [0.2, 0.25) is 5.91 Å². The second-order valence-corrected chi connectivity index (χ2v) is 13.3. The fraction of sp³-hybridized carbons (Fsp3) is 0.407. The number of nitrogens with zero attached hydrogens (tertiary/aromatic N) is 4. The lowest BCUT2D eigenvalue weighted by Gasteiger charge is -2.35.